The number of nitrogens with zero attached hydrogens (tertiary/aromatic N) is 1. The molecular formula is C23H20F3N3O3S. The van der Waals surface area contributed by atoms with Gasteiger partial charge in [-0.15, -0.1) is 0 Å². The van der Waals surface area contributed by atoms with Crippen LogP contribution in [0.5, 0.6) is 0 Å². The van der Waals surface area contributed by atoms with Gasteiger partial charge in [0.1, 0.15) is 0 Å². The molecule has 3 rings (SSSR count). The maximum absolute atomic E-state index is 13.0. The standard InChI is InChI=1S/C23H20F3N3O3S/c1-15-10-11-21(16(2)12-15)29-33(31,32)19-8-5-7-17(13-19)22(30)28-27-14-18-6-3-4-9-20(18)23(24,25)26/h3-14,29H,1-2H3,(H,28,30)/b27-14-. The van der Waals surface area contributed by atoms with Crippen LogP contribution in [0.25, 0.3) is 0 Å². The number of sulfonamides is 1. The van der Waals surface area contributed by atoms with Crippen LogP contribution in [-0.2, 0) is 16.2 Å². The molecule has 10 heteroatoms. The van der Waals surface area contributed by atoms with E-state index in [1.165, 1.54) is 36.4 Å². The van der Waals surface area contributed by atoms with Crippen molar-refractivity contribution in [3.05, 3.63) is 94.5 Å². The van der Waals surface area contributed by atoms with Crippen molar-refractivity contribution in [3.8, 4) is 0 Å². The summed E-state index contributed by atoms with van der Waals surface area (Å²) in [6.45, 7) is 3.65. The van der Waals surface area contributed by atoms with Crippen LogP contribution in [0, 0.1) is 13.8 Å². The van der Waals surface area contributed by atoms with E-state index in [-0.39, 0.29) is 16.0 Å². The fourth-order valence-electron chi connectivity index (χ4n) is 3.03. The van der Waals surface area contributed by atoms with Gasteiger partial charge in [0.05, 0.1) is 22.4 Å². The van der Waals surface area contributed by atoms with Crippen LogP contribution in [0.2, 0.25) is 0 Å². The SMILES string of the molecule is Cc1ccc(NS(=O)(=O)c2cccc(C(=O)N/N=C\c3ccccc3C(F)(F)F)c2)c(C)c1. The number of benzene rings is 3. The number of nitrogens with one attached hydrogen (secondary N) is 2. The van der Waals surface area contributed by atoms with Crippen LogP contribution in [-0.4, -0.2) is 20.5 Å². The molecule has 6 nitrogen and oxygen atoms in total. The van der Waals surface area contributed by atoms with Gasteiger partial charge >= 0.3 is 6.18 Å². The van der Waals surface area contributed by atoms with Crippen LogP contribution in [0.4, 0.5) is 18.9 Å². The summed E-state index contributed by atoms with van der Waals surface area (Å²) in [6.07, 6.45) is -3.69. The Morgan fingerprint density at radius 2 is 1.70 bits per heavy atom. The number of hydrogen-bond donors (Lipinski definition) is 2. The van der Waals surface area contributed by atoms with Crippen LogP contribution < -0.4 is 10.1 Å². The summed E-state index contributed by atoms with van der Waals surface area (Å²) in [5.74, 6) is -0.778. The van der Waals surface area contributed by atoms with Crippen molar-refractivity contribution in [1.29, 1.82) is 0 Å². The monoisotopic (exact) mass is 475 g/mol. The number of amides is 1. The van der Waals surface area contributed by atoms with Gasteiger partial charge in [-0.05, 0) is 49.7 Å². The molecule has 0 spiro atoms. The number of aryl methyl sites for hydroxylation is 2. The summed E-state index contributed by atoms with van der Waals surface area (Å²) < 4.78 is 67.1. The smallest absolute Gasteiger partial charge is 0.279 e. The van der Waals surface area contributed by atoms with E-state index in [4.69, 9.17) is 0 Å². The molecule has 0 atom stereocenters. The number of halogens is 3. The Morgan fingerprint density at radius 1 is 0.970 bits per heavy atom. The normalized spacial score (nSPS) is 12.0. The highest BCUT2D eigenvalue weighted by Gasteiger charge is 2.32. The minimum Gasteiger partial charge on any atom is -0.279 e. The van der Waals surface area contributed by atoms with Crippen molar-refractivity contribution in [3.63, 3.8) is 0 Å². The lowest BCUT2D eigenvalue weighted by molar-refractivity contribution is -0.137. The van der Waals surface area contributed by atoms with Crippen molar-refractivity contribution in [2.24, 2.45) is 5.10 Å². The molecule has 0 aliphatic rings. The zero-order valence-corrected chi connectivity index (χ0v) is 18.5. The van der Waals surface area contributed by atoms with Crippen molar-refractivity contribution < 1.29 is 26.4 Å². The predicted octanol–water partition coefficient (Wildman–Crippen LogP) is 4.89. The Balaban J connectivity index is 1.77. The van der Waals surface area contributed by atoms with Gasteiger partial charge in [-0.1, -0.05) is 42.0 Å². The molecule has 0 saturated carbocycles. The highest BCUT2D eigenvalue weighted by molar-refractivity contribution is 7.92. The van der Waals surface area contributed by atoms with Crippen molar-refractivity contribution >= 4 is 27.8 Å². The average molecular weight is 475 g/mol. The van der Waals surface area contributed by atoms with E-state index >= 15 is 0 Å². The Kier molecular flexibility index (Phi) is 6.87. The molecule has 1 amide bonds. The molecule has 0 aliphatic heterocycles. The van der Waals surface area contributed by atoms with Gasteiger partial charge in [-0.25, -0.2) is 13.8 Å². The molecule has 3 aromatic rings. The summed E-state index contributed by atoms with van der Waals surface area (Å²) in [4.78, 5) is 12.2. The Morgan fingerprint density at radius 3 is 2.39 bits per heavy atom. The molecule has 0 radical (unpaired) electrons. The number of hydrogen-bond acceptors (Lipinski definition) is 4. The zero-order valence-electron chi connectivity index (χ0n) is 17.6. The van der Waals surface area contributed by atoms with Crippen LogP contribution in [0.1, 0.15) is 32.6 Å². The minimum absolute atomic E-state index is 0.0280. The van der Waals surface area contributed by atoms with E-state index < -0.39 is 27.7 Å². The van der Waals surface area contributed by atoms with Gasteiger partial charge in [-0.3, -0.25) is 9.52 Å². The lowest BCUT2D eigenvalue weighted by Crippen LogP contribution is -2.19. The quantitative estimate of drug-likeness (QED) is 0.393. The summed E-state index contributed by atoms with van der Waals surface area (Å²) in [5.41, 5.74) is 3.09. The Bertz CT molecular complexity index is 1320. The van der Waals surface area contributed by atoms with Crippen LogP contribution >= 0.6 is 0 Å². The highest BCUT2D eigenvalue weighted by atomic mass is 32.2. The van der Waals surface area contributed by atoms with E-state index in [2.05, 4.69) is 15.2 Å². The third-order valence-corrected chi connectivity index (χ3v) is 6.03. The van der Waals surface area contributed by atoms with Gasteiger partial charge in [-0.2, -0.15) is 18.3 Å². The first kappa shape index (κ1) is 24.0. The molecule has 3 aromatic carbocycles. The van der Waals surface area contributed by atoms with E-state index in [0.717, 1.165) is 29.5 Å². The van der Waals surface area contributed by atoms with Gasteiger partial charge in [0.25, 0.3) is 15.9 Å². The number of carbonyl (C=O) groups excluding carboxylic acids is 1. The van der Waals surface area contributed by atoms with E-state index in [1.807, 2.05) is 13.0 Å². The van der Waals surface area contributed by atoms with Crippen molar-refractivity contribution in [1.82, 2.24) is 5.43 Å². The summed E-state index contributed by atoms with van der Waals surface area (Å²) in [6, 6.07) is 15.2. The second-order valence-corrected chi connectivity index (χ2v) is 8.92. The average Bonchev–Trinajstić information content (AvgIpc) is 2.75. The van der Waals surface area contributed by atoms with E-state index in [9.17, 15) is 26.4 Å². The molecule has 172 valence electrons. The van der Waals surface area contributed by atoms with Crippen molar-refractivity contribution in [2.75, 3.05) is 4.72 Å². The first-order valence-electron chi connectivity index (χ1n) is 9.67. The number of rotatable bonds is 6. The largest absolute Gasteiger partial charge is 0.417 e. The second kappa shape index (κ2) is 9.45. The fourth-order valence-corrected chi connectivity index (χ4v) is 4.21. The molecule has 0 aliphatic carbocycles. The van der Waals surface area contributed by atoms with Gasteiger partial charge < -0.3 is 0 Å². The zero-order chi connectivity index (χ0) is 24.2. The highest BCUT2D eigenvalue weighted by Crippen LogP contribution is 2.31. The fraction of sp³-hybridized carbons (Fsp3) is 0.130. The molecule has 2 N–H and O–H groups in total. The van der Waals surface area contributed by atoms with E-state index in [1.54, 1.807) is 19.1 Å². The summed E-state index contributed by atoms with van der Waals surface area (Å²) in [7, 11) is -3.98. The summed E-state index contributed by atoms with van der Waals surface area (Å²) >= 11 is 0. The van der Waals surface area contributed by atoms with Gasteiger partial charge in [0, 0.05) is 11.1 Å². The molecule has 0 saturated heterocycles. The first-order valence-corrected chi connectivity index (χ1v) is 11.2. The molecule has 0 fully saturated rings. The molecule has 0 bridgehead atoms. The molecule has 0 heterocycles. The Hall–Kier alpha value is -3.66. The third kappa shape index (κ3) is 5.98. The molecule has 33 heavy (non-hydrogen) atoms. The minimum atomic E-state index is -4.57. The maximum atomic E-state index is 13.0. The third-order valence-electron chi connectivity index (χ3n) is 4.67. The van der Waals surface area contributed by atoms with Gasteiger partial charge in [0.2, 0.25) is 0 Å². The predicted molar refractivity (Wildman–Crippen MR) is 120 cm³/mol. The lowest BCUT2D eigenvalue weighted by Gasteiger charge is -2.12. The topological polar surface area (TPSA) is 87.6 Å². The second-order valence-electron chi connectivity index (χ2n) is 7.24. The molecular weight excluding hydrogens is 455 g/mol. The number of alkyl halides is 3. The molecule has 0 unspecified atom stereocenters. The van der Waals surface area contributed by atoms with Gasteiger partial charge in [0.15, 0.2) is 0 Å². The van der Waals surface area contributed by atoms with E-state index in [0.29, 0.717) is 5.69 Å². The number of anilines is 1. The van der Waals surface area contributed by atoms with Crippen LogP contribution in [0.3, 0.4) is 0 Å². The van der Waals surface area contributed by atoms with Crippen LogP contribution in [0.15, 0.2) is 76.7 Å². The first-order chi connectivity index (χ1) is 15.5. The lowest BCUT2D eigenvalue weighted by atomic mass is 10.1. The van der Waals surface area contributed by atoms with Crippen molar-refractivity contribution in [2.45, 2.75) is 24.9 Å². The molecule has 0 aromatic heterocycles. The maximum Gasteiger partial charge on any atom is 0.417 e. The number of hydrazone groups is 1. The number of carbonyl (C=O) groups is 1. The summed E-state index contributed by atoms with van der Waals surface area (Å²) in [5, 5.41) is 3.58. The Labute approximate surface area is 189 Å².